The molecule has 0 rings (SSSR count). The average molecular weight is 212 g/mol. The van der Waals surface area contributed by atoms with Gasteiger partial charge in [-0.25, -0.2) is 4.79 Å². The maximum absolute atomic E-state index is 11.3. The minimum absolute atomic E-state index is 0.131. The van der Waals surface area contributed by atoms with Gasteiger partial charge < -0.3 is 9.47 Å². The summed E-state index contributed by atoms with van der Waals surface area (Å²) in [6, 6.07) is 0. The molecule has 0 heterocycles. The molecule has 0 aliphatic rings. The molecule has 0 aromatic carbocycles. The van der Waals surface area contributed by atoms with Gasteiger partial charge in [-0.2, -0.15) is 0 Å². The second kappa shape index (κ2) is 7.79. The number of carbonyl (C=O) groups is 2. The highest BCUT2D eigenvalue weighted by Crippen LogP contribution is 2.03. The van der Waals surface area contributed by atoms with Gasteiger partial charge in [0, 0.05) is 6.92 Å². The van der Waals surface area contributed by atoms with E-state index in [-0.39, 0.29) is 5.76 Å². The summed E-state index contributed by atoms with van der Waals surface area (Å²) in [5.74, 6) is -1.33. The molecule has 0 fully saturated rings. The molecule has 0 aliphatic heterocycles. The Kier molecular flexibility index (Phi) is 6.97. The summed E-state index contributed by atoms with van der Waals surface area (Å²) in [5, 5.41) is 0. The van der Waals surface area contributed by atoms with E-state index in [0.717, 1.165) is 12.8 Å². The number of unbranched alkanes of at least 4 members (excludes halogenated alkanes) is 1. The lowest BCUT2D eigenvalue weighted by Gasteiger charge is -2.06. The third-order valence-electron chi connectivity index (χ3n) is 1.46. The maximum Gasteiger partial charge on any atom is 0.374 e. The van der Waals surface area contributed by atoms with Crippen LogP contribution in [-0.4, -0.2) is 18.5 Å². The van der Waals surface area contributed by atoms with Crippen LogP contribution < -0.4 is 0 Å². The van der Waals surface area contributed by atoms with Crippen molar-refractivity contribution in [2.75, 3.05) is 6.61 Å². The van der Waals surface area contributed by atoms with Crippen LogP contribution in [0.4, 0.5) is 0 Å². The van der Waals surface area contributed by atoms with Gasteiger partial charge >= 0.3 is 11.9 Å². The summed E-state index contributed by atoms with van der Waals surface area (Å²) in [7, 11) is 0. The molecule has 0 bridgehead atoms. The highest BCUT2D eigenvalue weighted by Gasteiger charge is 2.13. The lowest BCUT2D eigenvalue weighted by Crippen LogP contribution is -2.13. The smallest absolute Gasteiger partial charge is 0.374 e. The van der Waals surface area contributed by atoms with Gasteiger partial charge in [0.2, 0.25) is 5.76 Å². The minimum Gasteiger partial charge on any atom is -0.460 e. The molecule has 84 valence electrons. The Hall–Kier alpha value is -1.58. The molecule has 0 aromatic rings. The molecule has 0 N–H and O–H groups in total. The summed E-state index contributed by atoms with van der Waals surface area (Å²) in [6.45, 7) is 6.94. The number of esters is 2. The van der Waals surface area contributed by atoms with E-state index in [2.05, 4.69) is 11.3 Å². The summed E-state index contributed by atoms with van der Waals surface area (Å²) >= 11 is 0. The van der Waals surface area contributed by atoms with Crippen molar-refractivity contribution >= 4 is 11.9 Å². The van der Waals surface area contributed by atoms with E-state index in [0.29, 0.717) is 6.61 Å². The lowest BCUT2D eigenvalue weighted by molar-refractivity contribution is -0.150. The Bertz CT molecular complexity index is 266. The van der Waals surface area contributed by atoms with Gasteiger partial charge in [-0.15, -0.1) is 0 Å². The van der Waals surface area contributed by atoms with Crippen molar-refractivity contribution in [1.29, 1.82) is 0 Å². The van der Waals surface area contributed by atoms with Gasteiger partial charge in [0.05, 0.1) is 6.61 Å². The average Bonchev–Trinajstić information content (AvgIpc) is 2.17. The first-order valence-electron chi connectivity index (χ1n) is 4.80. The van der Waals surface area contributed by atoms with Crippen molar-refractivity contribution in [3.8, 4) is 0 Å². The van der Waals surface area contributed by atoms with E-state index in [1.165, 1.54) is 19.1 Å². The summed E-state index contributed by atoms with van der Waals surface area (Å²) < 4.78 is 9.53. The molecule has 0 spiro atoms. The van der Waals surface area contributed by atoms with Crippen LogP contribution in [0.5, 0.6) is 0 Å². The van der Waals surface area contributed by atoms with E-state index in [4.69, 9.17) is 4.74 Å². The first-order valence-corrected chi connectivity index (χ1v) is 4.80. The molecule has 15 heavy (non-hydrogen) atoms. The Morgan fingerprint density at radius 1 is 1.40 bits per heavy atom. The molecule has 4 heteroatoms. The van der Waals surface area contributed by atoms with Gasteiger partial charge in [-0.1, -0.05) is 26.0 Å². The fourth-order valence-corrected chi connectivity index (χ4v) is 0.786. The van der Waals surface area contributed by atoms with Gasteiger partial charge in [0.1, 0.15) is 0 Å². The quantitative estimate of drug-likeness (QED) is 0.222. The molecular formula is C11H16O4. The van der Waals surface area contributed by atoms with Crippen molar-refractivity contribution in [2.24, 2.45) is 0 Å². The number of ether oxygens (including phenoxy) is 2. The van der Waals surface area contributed by atoms with E-state index < -0.39 is 11.9 Å². The van der Waals surface area contributed by atoms with E-state index >= 15 is 0 Å². The third kappa shape index (κ3) is 6.49. The van der Waals surface area contributed by atoms with Crippen LogP contribution in [0.3, 0.4) is 0 Å². The molecule has 0 aromatic heterocycles. The lowest BCUT2D eigenvalue weighted by atomic mass is 10.3. The zero-order valence-electron chi connectivity index (χ0n) is 9.12. The van der Waals surface area contributed by atoms with Crippen LogP contribution >= 0.6 is 0 Å². The third-order valence-corrected chi connectivity index (χ3v) is 1.46. The van der Waals surface area contributed by atoms with Crippen molar-refractivity contribution in [1.82, 2.24) is 0 Å². The fraction of sp³-hybridized carbons (Fsp3) is 0.455. The van der Waals surface area contributed by atoms with Crippen LogP contribution in [-0.2, 0) is 19.1 Å². The molecule has 0 amide bonds. The van der Waals surface area contributed by atoms with Gasteiger partial charge in [-0.3, -0.25) is 4.79 Å². The predicted molar refractivity (Wildman–Crippen MR) is 55.9 cm³/mol. The summed E-state index contributed by atoms with van der Waals surface area (Å²) in [5.41, 5.74) is 0. The standard InChI is InChI=1S/C11H16O4/c1-4-6-8-14-11(13)10(7-5-2)15-9(3)12/h5,7H,2,4,6,8H2,1,3H3/b10-7-. The Morgan fingerprint density at radius 2 is 2.07 bits per heavy atom. The second-order valence-electron chi connectivity index (χ2n) is 2.85. The van der Waals surface area contributed by atoms with Crippen LogP contribution in [0.1, 0.15) is 26.7 Å². The van der Waals surface area contributed by atoms with Crippen LogP contribution in [0.2, 0.25) is 0 Å². The van der Waals surface area contributed by atoms with Gasteiger partial charge in [-0.05, 0) is 12.5 Å². The molecule has 4 nitrogen and oxygen atoms in total. The maximum atomic E-state index is 11.3. The predicted octanol–water partition coefficient (Wildman–Crippen LogP) is 1.96. The number of hydrogen-bond donors (Lipinski definition) is 0. The first-order chi connectivity index (χ1) is 7.11. The highest BCUT2D eigenvalue weighted by atomic mass is 16.6. The van der Waals surface area contributed by atoms with Gasteiger partial charge in [0.15, 0.2) is 0 Å². The van der Waals surface area contributed by atoms with E-state index in [1.807, 2.05) is 6.92 Å². The summed E-state index contributed by atoms with van der Waals surface area (Å²) in [4.78, 5) is 22.0. The highest BCUT2D eigenvalue weighted by molar-refractivity contribution is 5.89. The molecule has 0 saturated carbocycles. The molecule has 0 unspecified atom stereocenters. The Morgan fingerprint density at radius 3 is 2.53 bits per heavy atom. The fourth-order valence-electron chi connectivity index (χ4n) is 0.786. The number of rotatable bonds is 6. The SMILES string of the molecule is C=C/C=C(\OC(C)=O)C(=O)OCCCC. The van der Waals surface area contributed by atoms with Crippen molar-refractivity contribution < 1.29 is 19.1 Å². The largest absolute Gasteiger partial charge is 0.460 e. The van der Waals surface area contributed by atoms with Crippen molar-refractivity contribution in [3.63, 3.8) is 0 Å². The Labute approximate surface area is 89.6 Å². The summed E-state index contributed by atoms with van der Waals surface area (Å²) in [6.07, 6.45) is 4.38. The minimum atomic E-state index is -0.640. The zero-order valence-corrected chi connectivity index (χ0v) is 9.12. The van der Waals surface area contributed by atoms with Crippen molar-refractivity contribution in [3.05, 3.63) is 24.5 Å². The molecule has 0 saturated heterocycles. The molecular weight excluding hydrogens is 196 g/mol. The van der Waals surface area contributed by atoms with E-state index in [9.17, 15) is 9.59 Å². The van der Waals surface area contributed by atoms with Crippen LogP contribution in [0.25, 0.3) is 0 Å². The zero-order chi connectivity index (χ0) is 11.7. The first kappa shape index (κ1) is 13.4. The topological polar surface area (TPSA) is 52.6 Å². The number of allylic oxidation sites excluding steroid dienone is 2. The van der Waals surface area contributed by atoms with E-state index in [1.54, 1.807) is 0 Å². The van der Waals surface area contributed by atoms with Gasteiger partial charge in [0.25, 0.3) is 0 Å². The molecule has 0 atom stereocenters. The Balaban J connectivity index is 4.24. The second-order valence-corrected chi connectivity index (χ2v) is 2.85. The number of hydrogen-bond acceptors (Lipinski definition) is 4. The molecule has 0 aliphatic carbocycles. The van der Waals surface area contributed by atoms with Crippen molar-refractivity contribution in [2.45, 2.75) is 26.7 Å². The molecule has 0 radical (unpaired) electrons. The van der Waals surface area contributed by atoms with Crippen LogP contribution in [0.15, 0.2) is 24.5 Å². The monoisotopic (exact) mass is 212 g/mol. The number of carbonyl (C=O) groups excluding carboxylic acids is 2. The van der Waals surface area contributed by atoms with Crippen LogP contribution in [0, 0.1) is 0 Å². The normalized spacial score (nSPS) is 10.7.